The van der Waals surface area contributed by atoms with E-state index in [0.29, 0.717) is 12.4 Å². The number of pyridine rings is 1. The number of ether oxygens (including phenoxy) is 2. The van der Waals surface area contributed by atoms with Crippen molar-refractivity contribution in [3.63, 3.8) is 0 Å². The fourth-order valence-electron chi connectivity index (χ4n) is 1.99. The van der Waals surface area contributed by atoms with Crippen LogP contribution in [-0.4, -0.2) is 37.3 Å². The third-order valence-corrected chi connectivity index (χ3v) is 5.31. The lowest BCUT2D eigenvalue weighted by Crippen LogP contribution is -2.22. The Hall–Kier alpha value is -1.37. The first-order valence-electron chi connectivity index (χ1n) is 7.13. The third-order valence-electron chi connectivity index (χ3n) is 3.32. The molecule has 2 aromatic rings. The molecule has 0 aliphatic carbocycles. The number of nitrogens with zero attached hydrogens (tertiary/aromatic N) is 2. The van der Waals surface area contributed by atoms with Gasteiger partial charge in [0.15, 0.2) is 0 Å². The SMILES string of the molecule is COC(=O)c1cc2ccn(COCC[Si](C)(C)C)c2nc1Cl. The Morgan fingerprint density at radius 1 is 1.41 bits per heavy atom. The van der Waals surface area contributed by atoms with Gasteiger partial charge in [-0.15, -0.1) is 0 Å². The van der Waals surface area contributed by atoms with Crippen molar-refractivity contribution in [2.24, 2.45) is 0 Å². The molecule has 0 spiro atoms. The number of esters is 1. The van der Waals surface area contributed by atoms with Gasteiger partial charge in [-0.05, 0) is 18.2 Å². The summed E-state index contributed by atoms with van der Waals surface area (Å²) in [6.45, 7) is 8.11. The number of methoxy groups -OCH3 is 1. The van der Waals surface area contributed by atoms with Crippen molar-refractivity contribution in [3.8, 4) is 0 Å². The highest BCUT2D eigenvalue weighted by Gasteiger charge is 2.16. The van der Waals surface area contributed by atoms with Crippen LogP contribution >= 0.6 is 11.6 Å². The number of halogens is 1. The topological polar surface area (TPSA) is 53.4 Å². The van der Waals surface area contributed by atoms with Crippen LogP contribution in [0.5, 0.6) is 0 Å². The Morgan fingerprint density at radius 3 is 2.77 bits per heavy atom. The minimum Gasteiger partial charge on any atom is -0.465 e. The molecule has 0 amide bonds. The summed E-state index contributed by atoms with van der Waals surface area (Å²) >= 11 is 6.07. The molecule has 0 aromatic carbocycles. The first-order valence-corrected chi connectivity index (χ1v) is 11.2. The summed E-state index contributed by atoms with van der Waals surface area (Å²) in [5, 5.41) is 0.972. The molecule has 0 fully saturated rings. The molecule has 7 heteroatoms. The van der Waals surface area contributed by atoms with Crippen molar-refractivity contribution in [3.05, 3.63) is 29.0 Å². The van der Waals surface area contributed by atoms with E-state index in [4.69, 9.17) is 21.1 Å². The largest absolute Gasteiger partial charge is 0.465 e. The average Bonchev–Trinajstić information content (AvgIpc) is 2.83. The van der Waals surface area contributed by atoms with Crippen molar-refractivity contribution >= 4 is 36.7 Å². The zero-order chi connectivity index (χ0) is 16.3. The molecule has 2 heterocycles. The quantitative estimate of drug-likeness (QED) is 0.347. The molecule has 0 N–H and O–H groups in total. The molecule has 0 bridgehead atoms. The zero-order valence-corrected chi connectivity index (χ0v) is 15.1. The molecular formula is C15H21ClN2O3Si. The third kappa shape index (κ3) is 4.09. The van der Waals surface area contributed by atoms with Gasteiger partial charge in [0.2, 0.25) is 0 Å². The van der Waals surface area contributed by atoms with Crippen LogP contribution in [0.4, 0.5) is 0 Å². The van der Waals surface area contributed by atoms with Gasteiger partial charge >= 0.3 is 5.97 Å². The molecule has 0 saturated carbocycles. The normalized spacial score (nSPS) is 11.9. The summed E-state index contributed by atoms with van der Waals surface area (Å²) in [6.07, 6.45) is 1.88. The number of fused-ring (bicyclic) bond motifs is 1. The Labute approximate surface area is 136 Å². The monoisotopic (exact) mass is 340 g/mol. The molecule has 0 saturated heterocycles. The van der Waals surface area contributed by atoms with E-state index in [2.05, 4.69) is 24.6 Å². The lowest BCUT2D eigenvalue weighted by Gasteiger charge is -2.15. The second kappa shape index (κ2) is 6.81. The van der Waals surface area contributed by atoms with Gasteiger partial charge in [-0.2, -0.15) is 0 Å². The van der Waals surface area contributed by atoms with E-state index < -0.39 is 14.0 Å². The fraction of sp³-hybridized carbons (Fsp3) is 0.467. The Kier molecular flexibility index (Phi) is 5.26. The van der Waals surface area contributed by atoms with E-state index in [1.807, 2.05) is 16.8 Å². The van der Waals surface area contributed by atoms with Crippen LogP contribution in [0.3, 0.4) is 0 Å². The van der Waals surface area contributed by atoms with Gasteiger partial charge in [0, 0.05) is 26.3 Å². The van der Waals surface area contributed by atoms with E-state index >= 15 is 0 Å². The van der Waals surface area contributed by atoms with Crippen molar-refractivity contribution < 1.29 is 14.3 Å². The first-order chi connectivity index (χ1) is 10.3. The molecular weight excluding hydrogens is 320 g/mol. The Morgan fingerprint density at radius 2 is 2.14 bits per heavy atom. The highest BCUT2D eigenvalue weighted by atomic mass is 35.5. The van der Waals surface area contributed by atoms with Gasteiger partial charge in [-0.3, -0.25) is 0 Å². The summed E-state index contributed by atoms with van der Waals surface area (Å²) in [7, 11) is 0.231. The van der Waals surface area contributed by atoms with Gasteiger partial charge in [-0.1, -0.05) is 31.2 Å². The molecule has 2 aromatic heterocycles. The molecule has 0 aliphatic heterocycles. The summed E-state index contributed by atoms with van der Waals surface area (Å²) in [5.41, 5.74) is 0.972. The van der Waals surface area contributed by atoms with E-state index in [1.165, 1.54) is 7.11 Å². The highest BCUT2D eigenvalue weighted by molar-refractivity contribution is 6.76. The van der Waals surface area contributed by atoms with E-state index in [0.717, 1.165) is 18.0 Å². The van der Waals surface area contributed by atoms with E-state index in [-0.39, 0.29) is 10.7 Å². The molecule has 22 heavy (non-hydrogen) atoms. The molecule has 120 valence electrons. The van der Waals surface area contributed by atoms with Gasteiger partial charge in [0.1, 0.15) is 17.5 Å². The maximum Gasteiger partial charge on any atom is 0.341 e. The predicted molar refractivity (Wildman–Crippen MR) is 90.2 cm³/mol. The fourth-order valence-corrected chi connectivity index (χ4v) is 2.96. The summed E-state index contributed by atoms with van der Waals surface area (Å²) in [5.74, 6) is -0.487. The Bertz CT molecular complexity index is 679. The standard InChI is InChI=1S/C15H21ClN2O3Si/c1-20-15(19)12-9-11-5-6-18(14(11)17-13(12)16)10-21-7-8-22(2,3)4/h5-6,9H,7-8,10H2,1-4H3. The van der Waals surface area contributed by atoms with Crippen molar-refractivity contribution in [1.29, 1.82) is 0 Å². The van der Waals surface area contributed by atoms with E-state index in [9.17, 15) is 4.79 Å². The molecule has 0 unspecified atom stereocenters. The Balaban J connectivity index is 2.13. The molecule has 0 atom stereocenters. The second-order valence-electron chi connectivity index (χ2n) is 6.36. The molecule has 5 nitrogen and oxygen atoms in total. The lowest BCUT2D eigenvalue weighted by molar-refractivity contribution is 0.0600. The summed E-state index contributed by atoms with van der Waals surface area (Å²) in [4.78, 5) is 15.9. The van der Waals surface area contributed by atoms with Crippen LogP contribution in [0.2, 0.25) is 30.8 Å². The van der Waals surface area contributed by atoms with Gasteiger partial charge in [-0.25, -0.2) is 9.78 Å². The number of rotatable bonds is 6. The molecule has 0 aliphatic rings. The van der Waals surface area contributed by atoms with E-state index in [1.54, 1.807) is 6.07 Å². The van der Waals surface area contributed by atoms with Crippen LogP contribution < -0.4 is 0 Å². The number of hydrogen-bond acceptors (Lipinski definition) is 4. The van der Waals surface area contributed by atoms with Crippen molar-refractivity contribution in [2.75, 3.05) is 13.7 Å². The number of carbonyl (C=O) groups excluding carboxylic acids is 1. The van der Waals surface area contributed by atoms with Gasteiger partial charge in [0.05, 0.1) is 12.7 Å². The van der Waals surface area contributed by atoms with Crippen LogP contribution in [0.1, 0.15) is 10.4 Å². The van der Waals surface area contributed by atoms with Crippen LogP contribution in [-0.2, 0) is 16.2 Å². The zero-order valence-electron chi connectivity index (χ0n) is 13.4. The number of carbonyl (C=O) groups is 1. The summed E-state index contributed by atoms with van der Waals surface area (Å²) < 4.78 is 12.3. The maximum absolute atomic E-state index is 11.6. The predicted octanol–water partition coefficient (Wildman–Crippen LogP) is 3.79. The van der Waals surface area contributed by atoms with Gasteiger partial charge < -0.3 is 14.0 Å². The number of hydrogen-bond donors (Lipinski definition) is 0. The number of aromatic nitrogens is 2. The smallest absolute Gasteiger partial charge is 0.341 e. The molecule has 2 rings (SSSR count). The minimum atomic E-state index is -1.09. The first kappa shape index (κ1) is 17.0. The van der Waals surface area contributed by atoms with Gasteiger partial charge in [0.25, 0.3) is 0 Å². The summed E-state index contributed by atoms with van der Waals surface area (Å²) in [6, 6.07) is 4.69. The van der Waals surface area contributed by atoms with Crippen LogP contribution in [0, 0.1) is 0 Å². The van der Waals surface area contributed by atoms with Crippen LogP contribution in [0.15, 0.2) is 18.3 Å². The van der Waals surface area contributed by atoms with Crippen LogP contribution in [0.25, 0.3) is 11.0 Å². The molecule has 0 radical (unpaired) electrons. The maximum atomic E-state index is 11.6. The van der Waals surface area contributed by atoms with Crippen molar-refractivity contribution in [2.45, 2.75) is 32.4 Å². The average molecular weight is 341 g/mol. The minimum absolute atomic E-state index is 0.140. The lowest BCUT2D eigenvalue weighted by atomic mass is 10.2. The highest BCUT2D eigenvalue weighted by Crippen LogP contribution is 2.22. The van der Waals surface area contributed by atoms with Crippen molar-refractivity contribution in [1.82, 2.24) is 9.55 Å². The second-order valence-corrected chi connectivity index (χ2v) is 12.3.